The van der Waals surface area contributed by atoms with Gasteiger partial charge in [-0.3, -0.25) is 0 Å². The van der Waals surface area contributed by atoms with Crippen LogP contribution < -0.4 is 14.2 Å². The van der Waals surface area contributed by atoms with E-state index in [1.807, 2.05) is 112 Å². The monoisotopic (exact) mass is 1390 g/mol. The molecule has 0 N–H and O–H groups in total. The highest BCUT2D eigenvalue weighted by atomic mass is 16.5. The highest BCUT2D eigenvalue weighted by Crippen LogP contribution is 2.36. The SMILES string of the molecule is CCCCCCOC[C@H](C)Oc1ccc(-c2ccc(/C(C#N)=C/c3ccc(-c4cc(-c5ccc(/C=C(/C#N)c6ccc(-c7ccc(O[C@@H](C)COCCCCCC)cc7)cc6)cc5)cc(-c5ccc(/C=C(/C#N)c6ccc(-c7ccc(O[C@@H](C)COCCCCCC)cc7)cc6)cc5)c4)cc3)cc2)cc1. The molecule has 0 aromatic heterocycles. The molecule has 9 heteroatoms. The fourth-order valence-electron chi connectivity index (χ4n) is 12.6. The third-order valence-electron chi connectivity index (χ3n) is 18.6. The number of hydrogen-bond acceptors (Lipinski definition) is 9. The molecule has 10 rings (SSSR count). The quantitative estimate of drug-likeness (QED) is 0.0210. The Morgan fingerprint density at radius 1 is 0.276 bits per heavy atom. The lowest BCUT2D eigenvalue weighted by atomic mass is 9.92. The van der Waals surface area contributed by atoms with Gasteiger partial charge in [0.15, 0.2) is 0 Å². The standard InChI is InChI=1S/C96H99N3O6/c1-7-10-13-16-55-100-67-70(4)103-94-49-43-79(44-50-94)76-31-37-85(38-32-76)91(64-97)58-73-19-25-82(26-20-73)88-61-89(83-27-21-74(22-28-83)59-92(65-98)86-39-33-77(34-40-86)80-45-51-95(52-46-80)104-71(5)68-101-56-17-14-11-8-2)63-90(62-88)84-29-23-75(24-30-84)60-93(66-99)87-41-35-78(36-42-87)81-47-53-96(54-48-81)105-72(6)69-102-57-18-15-12-9-3/h19-54,58-63,70-72H,7-18,55-57,67-69H2,1-6H3/b91-58-,92-59-,93-60+/t70-,71-,72-/m0/s1. The minimum Gasteiger partial charge on any atom is -0.488 e. The number of rotatable bonds is 39. The van der Waals surface area contributed by atoms with Gasteiger partial charge < -0.3 is 28.4 Å². The van der Waals surface area contributed by atoms with Crippen LogP contribution in [-0.4, -0.2) is 58.0 Å². The first-order chi connectivity index (χ1) is 51.5. The molecule has 0 saturated carbocycles. The molecular formula is C96H99N3O6. The summed E-state index contributed by atoms with van der Waals surface area (Å²) in [5.41, 5.74) is 19.3. The second-order valence-corrected chi connectivity index (χ2v) is 27.2. The molecule has 0 heterocycles. The van der Waals surface area contributed by atoms with Gasteiger partial charge in [-0.05, 0) is 213 Å². The van der Waals surface area contributed by atoms with Gasteiger partial charge in [-0.1, -0.05) is 261 Å². The van der Waals surface area contributed by atoms with Crippen LogP contribution in [0.1, 0.15) is 152 Å². The first-order valence-corrected chi connectivity index (χ1v) is 37.7. The molecule has 0 saturated heterocycles. The summed E-state index contributed by atoms with van der Waals surface area (Å²) < 4.78 is 36.0. The van der Waals surface area contributed by atoms with E-state index < -0.39 is 0 Å². The molecule has 0 aliphatic carbocycles. The number of allylic oxidation sites excluding steroid dienone is 3. The van der Waals surface area contributed by atoms with Crippen molar-refractivity contribution in [2.24, 2.45) is 0 Å². The van der Waals surface area contributed by atoms with E-state index in [4.69, 9.17) is 28.4 Å². The van der Waals surface area contributed by atoms with Crippen molar-refractivity contribution < 1.29 is 28.4 Å². The van der Waals surface area contributed by atoms with Gasteiger partial charge in [0.2, 0.25) is 0 Å². The third-order valence-corrected chi connectivity index (χ3v) is 18.6. The smallest absolute Gasteiger partial charge is 0.119 e. The number of ether oxygens (including phenoxy) is 6. The summed E-state index contributed by atoms with van der Waals surface area (Å²) in [7, 11) is 0. The van der Waals surface area contributed by atoms with E-state index in [0.717, 1.165) is 156 Å². The Bertz CT molecular complexity index is 4060. The number of benzene rings is 10. The van der Waals surface area contributed by atoms with E-state index in [9.17, 15) is 15.8 Å². The lowest BCUT2D eigenvalue weighted by molar-refractivity contribution is 0.0566. The second kappa shape index (κ2) is 40.9. The molecule has 10 aromatic rings. The van der Waals surface area contributed by atoms with Crippen molar-refractivity contribution in [2.45, 2.75) is 137 Å². The number of hydrogen-bond donors (Lipinski definition) is 0. The molecule has 10 aromatic carbocycles. The fraction of sp³-hybridized carbons (Fsp3) is 0.281. The maximum atomic E-state index is 10.5. The van der Waals surface area contributed by atoms with Gasteiger partial charge in [0.1, 0.15) is 35.6 Å². The molecule has 0 bridgehead atoms. The van der Waals surface area contributed by atoms with Gasteiger partial charge >= 0.3 is 0 Å². The Balaban J connectivity index is 0.845. The number of nitrogens with zero attached hydrogens (tertiary/aromatic N) is 3. The lowest BCUT2D eigenvalue weighted by Crippen LogP contribution is -2.19. The zero-order chi connectivity index (χ0) is 73.4. The summed E-state index contributed by atoms with van der Waals surface area (Å²) in [6.45, 7) is 16.7. The van der Waals surface area contributed by atoms with Crippen LogP contribution in [0.2, 0.25) is 0 Å². The van der Waals surface area contributed by atoms with Gasteiger partial charge in [0.05, 0.1) is 54.7 Å². The Morgan fingerprint density at radius 2 is 0.486 bits per heavy atom. The van der Waals surface area contributed by atoms with Gasteiger partial charge in [0.25, 0.3) is 0 Å². The largest absolute Gasteiger partial charge is 0.488 e. The lowest BCUT2D eigenvalue weighted by Gasteiger charge is -2.15. The molecule has 0 unspecified atom stereocenters. The summed E-state index contributed by atoms with van der Waals surface area (Å²) in [5, 5.41) is 31.5. The maximum absolute atomic E-state index is 10.5. The zero-order valence-electron chi connectivity index (χ0n) is 62.0. The minimum atomic E-state index is -0.0513. The van der Waals surface area contributed by atoms with E-state index >= 15 is 0 Å². The number of nitriles is 3. The van der Waals surface area contributed by atoms with Gasteiger partial charge in [0, 0.05) is 19.8 Å². The summed E-state index contributed by atoms with van der Waals surface area (Å²) >= 11 is 0. The first-order valence-electron chi connectivity index (χ1n) is 37.7. The second-order valence-electron chi connectivity index (χ2n) is 27.2. The maximum Gasteiger partial charge on any atom is 0.119 e. The third kappa shape index (κ3) is 23.6. The van der Waals surface area contributed by atoms with Crippen LogP contribution in [0.5, 0.6) is 17.2 Å². The summed E-state index contributed by atoms with van der Waals surface area (Å²) in [6, 6.07) is 87.7. The van der Waals surface area contributed by atoms with Crippen molar-refractivity contribution in [2.75, 3.05) is 39.6 Å². The van der Waals surface area contributed by atoms with Crippen molar-refractivity contribution >= 4 is 34.9 Å². The molecule has 3 atom stereocenters. The van der Waals surface area contributed by atoms with Crippen molar-refractivity contribution in [3.05, 3.63) is 270 Å². The molecule has 534 valence electrons. The summed E-state index contributed by atoms with van der Waals surface area (Å²) in [6.07, 6.45) is 19.8. The molecule has 0 aliphatic heterocycles. The van der Waals surface area contributed by atoms with Gasteiger partial charge in [-0.2, -0.15) is 15.8 Å². The van der Waals surface area contributed by atoms with Crippen molar-refractivity contribution in [3.8, 4) is 102 Å². The highest BCUT2D eigenvalue weighted by molar-refractivity contribution is 5.93. The minimum absolute atomic E-state index is 0.0513. The summed E-state index contributed by atoms with van der Waals surface area (Å²) in [4.78, 5) is 0. The van der Waals surface area contributed by atoms with Gasteiger partial charge in [-0.15, -0.1) is 0 Å². The fourth-order valence-corrected chi connectivity index (χ4v) is 12.6. The predicted octanol–water partition coefficient (Wildman–Crippen LogP) is 25.0. The molecule has 0 fully saturated rings. The van der Waals surface area contributed by atoms with E-state index in [1.54, 1.807) is 0 Å². The van der Waals surface area contributed by atoms with Crippen LogP contribution in [-0.2, 0) is 14.2 Å². The zero-order valence-corrected chi connectivity index (χ0v) is 62.0. The van der Waals surface area contributed by atoms with Crippen LogP contribution in [0.15, 0.2) is 237 Å². The molecule has 0 spiro atoms. The topological polar surface area (TPSA) is 127 Å². The van der Waals surface area contributed by atoms with E-state index in [-0.39, 0.29) is 18.3 Å². The van der Waals surface area contributed by atoms with E-state index in [2.05, 4.69) is 203 Å². The van der Waals surface area contributed by atoms with Crippen LogP contribution >= 0.6 is 0 Å². The van der Waals surface area contributed by atoms with Crippen molar-refractivity contribution in [1.82, 2.24) is 0 Å². The molecule has 0 radical (unpaired) electrons. The predicted molar refractivity (Wildman–Crippen MR) is 434 cm³/mol. The first kappa shape index (κ1) is 76.8. The summed E-state index contributed by atoms with van der Waals surface area (Å²) in [5.74, 6) is 2.41. The van der Waals surface area contributed by atoms with Gasteiger partial charge in [-0.25, -0.2) is 0 Å². The van der Waals surface area contributed by atoms with Crippen LogP contribution in [0.4, 0.5) is 0 Å². The molecular weight excluding hydrogens is 1290 g/mol. The molecule has 0 aliphatic rings. The average molecular weight is 1390 g/mol. The average Bonchev–Trinajstić information content (AvgIpc) is 0.797. The molecule has 105 heavy (non-hydrogen) atoms. The Kier molecular flexibility index (Phi) is 29.9. The van der Waals surface area contributed by atoms with Crippen LogP contribution in [0.3, 0.4) is 0 Å². The Labute approximate surface area is 624 Å². The number of unbranched alkanes of at least 4 members (excludes halogenated alkanes) is 9. The van der Waals surface area contributed by atoms with E-state index in [1.165, 1.54) is 57.8 Å². The molecule has 9 nitrogen and oxygen atoms in total. The Hall–Kier alpha value is -10.8. The van der Waals surface area contributed by atoms with E-state index in [0.29, 0.717) is 36.5 Å². The van der Waals surface area contributed by atoms with Crippen molar-refractivity contribution in [3.63, 3.8) is 0 Å². The van der Waals surface area contributed by atoms with Crippen molar-refractivity contribution in [1.29, 1.82) is 15.8 Å². The Morgan fingerprint density at radius 3 is 0.705 bits per heavy atom. The normalized spacial score (nSPS) is 12.5. The van der Waals surface area contributed by atoms with Crippen LogP contribution in [0, 0.1) is 34.0 Å². The highest BCUT2D eigenvalue weighted by Gasteiger charge is 2.15. The molecule has 0 amide bonds. The van der Waals surface area contributed by atoms with Crippen LogP contribution in [0.25, 0.3) is 102 Å².